The number of hydrogen-bond donors (Lipinski definition) is 0. The smallest absolute Gasteiger partial charge is 0.210 e. The number of Topliss-reactive ketones (excluding diaryl/α,β-unsaturated/α-hetero) is 1. The first-order valence-electron chi connectivity index (χ1n) is 7.21. The number of oxime groups is 1. The van der Waals surface area contributed by atoms with Crippen LogP contribution in [0.25, 0.3) is 0 Å². The number of nitrogens with zero attached hydrogens (tertiary/aromatic N) is 1. The summed E-state index contributed by atoms with van der Waals surface area (Å²) in [5.41, 5.74) is 2.27. The van der Waals surface area contributed by atoms with E-state index < -0.39 is 0 Å². The predicted molar refractivity (Wildman–Crippen MR) is 84.4 cm³/mol. The molecule has 0 fully saturated rings. The highest BCUT2D eigenvalue weighted by Crippen LogP contribution is 2.20. The molecule has 1 unspecified atom stereocenters. The average Bonchev–Trinajstić information content (AvgIpc) is 3.04. The maximum Gasteiger partial charge on any atom is 0.210 e. The summed E-state index contributed by atoms with van der Waals surface area (Å²) in [6.07, 6.45) is 1.18. The Labute approximate surface area is 129 Å². The zero-order valence-corrected chi connectivity index (χ0v) is 12.4. The average molecular weight is 295 g/mol. The lowest BCUT2D eigenvalue weighted by molar-refractivity contribution is 0.0858. The van der Waals surface area contributed by atoms with Gasteiger partial charge in [0.15, 0.2) is 0 Å². The molecule has 4 nitrogen and oxygen atoms in total. The van der Waals surface area contributed by atoms with Gasteiger partial charge in [0.2, 0.25) is 5.78 Å². The van der Waals surface area contributed by atoms with Crippen molar-refractivity contribution in [3.63, 3.8) is 0 Å². The molecule has 0 amide bonds. The second-order valence-corrected chi connectivity index (χ2v) is 5.22. The minimum atomic E-state index is -0.0870. The number of methoxy groups -OCH3 is 1. The minimum Gasteiger partial charge on any atom is -0.497 e. The maximum absolute atomic E-state index is 12.3. The molecule has 22 heavy (non-hydrogen) atoms. The standard InChI is InChI=1S/C18H17NO3/c1-21-15-9-7-13(8-10-15)11-16-12-17(19-22-16)18(20)14-5-3-2-4-6-14/h2-10,16H,11-12H2,1H3. The van der Waals surface area contributed by atoms with Crippen molar-refractivity contribution in [2.75, 3.05) is 7.11 Å². The van der Waals surface area contributed by atoms with Crippen LogP contribution in [0.2, 0.25) is 0 Å². The van der Waals surface area contributed by atoms with Crippen LogP contribution in [-0.4, -0.2) is 24.7 Å². The number of carbonyl (C=O) groups excluding carboxylic acids is 1. The van der Waals surface area contributed by atoms with Crippen molar-refractivity contribution in [3.8, 4) is 5.75 Å². The summed E-state index contributed by atoms with van der Waals surface area (Å²) in [5.74, 6) is 0.769. The predicted octanol–water partition coefficient (Wildman–Crippen LogP) is 3.27. The Morgan fingerprint density at radius 3 is 2.59 bits per heavy atom. The molecule has 1 aliphatic heterocycles. The van der Waals surface area contributed by atoms with Gasteiger partial charge in [-0.15, -0.1) is 0 Å². The molecule has 1 aliphatic rings. The molecule has 0 bridgehead atoms. The lowest BCUT2D eigenvalue weighted by Gasteiger charge is -2.08. The summed E-state index contributed by atoms with van der Waals surface area (Å²) in [4.78, 5) is 17.7. The lowest BCUT2D eigenvalue weighted by atomic mass is 9.99. The first-order chi connectivity index (χ1) is 10.8. The summed E-state index contributed by atoms with van der Waals surface area (Å²) in [5, 5.41) is 3.97. The van der Waals surface area contributed by atoms with E-state index in [1.165, 1.54) is 0 Å². The second kappa shape index (κ2) is 6.43. The summed E-state index contributed by atoms with van der Waals surface area (Å²) >= 11 is 0. The zero-order chi connectivity index (χ0) is 15.4. The van der Waals surface area contributed by atoms with E-state index in [0.29, 0.717) is 17.7 Å². The third-order valence-electron chi connectivity index (χ3n) is 3.65. The van der Waals surface area contributed by atoms with Crippen LogP contribution in [0.1, 0.15) is 22.3 Å². The van der Waals surface area contributed by atoms with E-state index in [1.54, 1.807) is 19.2 Å². The largest absolute Gasteiger partial charge is 0.497 e. The normalized spacial score (nSPS) is 16.8. The molecule has 3 rings (SSSR count). The number of benzene rings is 2. The number of hydrogen-bond acceptors (Lipinski definition) is 4. The van der Waals surface area contributed by atoms with Gasteiger partial charge in [0, 0.05) is 18.4 Å². The first kappa shape index (κ1) is 14.3. The molecule has 1 heterocycles. The fourth-order valence-electron chi connectivity index (χ4n) is 2.45. The van der Waals surface area contributed by atoms with Crippen molar-refractivity contribution < 1.29 is 14.4 Å². The van der Waals surface area contributed by atoms with Gasteiger partial charge in [0.05, 0.1) is 7.11 Å². The fraction of sp³-hybridized carbons (Fsp3) is 0.222. The van der Waals surface area contributed by atoms with Crippen LogP contribution in [0.4, 0.5) is 0 Å². The van der Waals surface area contributed by atoms with Crippen LogP contribution in [0, 0.1) is 0 Å². The van der Waals surface area contributed by atoms with Gasteiger partial charge in [-0.2, -0.15) is 0 Å². The van der Waals surface area contributed by atoms with E-state index in [1.807, 2.05) is 42.5 Å². The number of carbonyl (C=O) groups is 1. The summed E-state index contributed by atoms with van der Waals surface area (Å²) in [6.45, 7) is 0. The Hall–Kier alpha value is -2.62. The molecule has 4 heteroatoms. The minimum absolute atomic E-state index is 0.0576. The molecule has 2 aromatic carbocycles. The molecule has 0 radical (unpaired) electrons. The molecule has 0 aromatic heterocycles. The SMILES string of the molecule is COc1ccc(CC2CC(C(=O)c3ccccc3)=NO2)cc1. The molecule has 0 spiro atoms. The maximum atomic E-state index is 12.3. The Morgan fingerprint density at radius 1 is 1.18 bits per heavy atom. The van der Waals surface area contributed by atoms with Gasteiger partial charge < -0.3 is 9.57 Å². The van der Waals surface area contributed by atoms with Gasteiger partial charge in [0.1, 0.15) is 17.6 Å². The third kappa shape index (κ3) is 3.17. The topological polar surface area (TPSA) is 47.9 Å². The molecule has 0 saturated heterocycles. The number of rotatable bonds is 5. The van der Waals surface area contributed by atoms with Crippen molar-refractivity contribution in [3.05, 3.63) is 65.7 Å². The molecular weight excluding hydrogens is 278 g/mol. The number of ether oxygens (including phenoxy) is 1. The Kier molecular flexibility index (Phi) is 4.19. The Balaban J connectivity index is 1.60. The van der Waals surface area contributed by atoms with Gasteiger partial charge in [-0.3, -0.25) is 4.79 Å². The second-order valence-electron chi connectivity index (χ2n) is 5.22. The van der Waals surface area contributed by atoms with Crippen molar-refractivity contribution in [2.45, 2.75) is 18.9 Å². The monoisotopic (exact) mass is 295 g/mol. The van der Waals surface area contributed by atoms with Crippen molar-refractivity contribution in [1.82, 2.24) is 0 Å². The van der Waals surface area contributed by atoms with E-state index in [2.05, 4.69) is 5.16 Å². The van der Waals surface area contributed by atoms with E-state index in [4.69, 9.17) is 9.57 Å². The van der Waals surface area contributed by atoms with Gasteiger partial charge in [0.25, 0.3) is 0 Å². The van der Waals surface area contributed by atoms with Crippen molar-refractivity contribution >= 4 is 11.5 Å². The van der Waals surface area contributed by atoms with Crippen LogP contribution < -0.4 is 4.74 Å². The van der Waals surface area contributed by atoms with Crippen LogP contribution in [0.5, 0.6) is 5.75 Å². The van der Waals surface area contributed by atoms with Gasteiger partial charge in [-0.25, -0.2) is 0 Å². The molecule has 0 saturated carbocycles. The summed E-state index contributed by atoms with van der Waals surface area (Å²) in [6, 6.07) is 17.0. The molecular formula is C18H17NO3. The van der Waals surface area contributed by atoms with Crippen molar-refractivity contribution in [2.24, 2.45) is 5.16 Å². The lowest BCUT2D eigenvalue weighted by Crippen LogP contribution is -2.17. The van der Waals surface area contributed by atoms with E-state index in [-0.39, 0.29) is 11.9 Å². The Bertz CT molecular complexity index is 677. The van der Waals surface area contributed by atoms with E-state index in [9.17, 15) is 4.79 Å². The van der Waals surface area contributed by atoms with Crippen LogP contribution in [0.3, 0.4) is 0 Å². The zero-order valence-electron chi connectivity index (χ0n) is 12.4. The van der Waals surface area contributed by atoms with Gasteiger partial charge in [-0.1, -0.05) is 47.6 Å². The highest BCUT2D eigenvalue weighted by Gasteiger charge is 2.26. The molecule has 1 atom stereocenters. The van der Waals surface area contributed by atoms with Crippen LogP contribution in [0.15, 0.2) is 59.8 Å². The van der Waals surface area contributed by atoms with Crippen LogP contribution >= 0.6 is 0 Å². The quantitative estimate of drug-likeness (QED) is 0.795. The first-order valence-corrected chi connectivity index (χ1v) is 7.21. The number of ketones is 1. The van der Waals surface area contributed by atoms with Crippen molar-refractivity contribution in [1.29, 1.82) is 0 Å². The van der Waals surface area contributed by atoms with Crippen LogP contribution in [-0.2, 0) is 11.3 Å². The summed E-state index contributed by atoms with van der Waals surface area (Å²) in [7, 11) is 1.64. The highest BCUT2D eigenvalue weighted by atomic mass is 16.6. The molecule has 0 N–H and O–H groups in total. The van der Waals surface area contributed by atoms with Gasteiger partial charge >= 0.3 is 0 Å². The van der Waals surface area contributed by atoms with E-state index >= 15 is 0 Å². The van der Waals surface area contributed by atoms with Gasteiger partial charge in [-0.05, 0) is 17.7 Å². The fourth-order valence-corrected chi connectivity index (χ4v) is 2.45. The summed E-state index contributed by atoms with van der Waals surface area (Å²) < 4.78 is 5.14. The molecule has 2 aromatic rings. The van der Waals surface area contributed by atoms with E-state index in [0.717, 1.165) is 17.7 Å². The Morgan fingerprint density at radius 2 is 1.91 bits per heavy atom. The highest BCUT2D eigenvalue weighted by molar-refractivity contribution is 6.46. The molecule has 0 aliphatic carbocycles. The third-order valence-corrected chi connectivity index (χ3v) is 3.65. The molecule has 112 valence electrons.